The summed E-state index contributed by atoms with van der Waals surface area (Å²) >= 11 is 6.46. The summed E-state index contributed by atoms with van der Waals surface area (Å²) in [5.74, 6) is -1.16. The van der Waals surface area contributed by atoms with Gasteiger partial charge in [-0.2, -0.15) is 0 Å². The minimum absolute atomic E-state index is 0.452. The third-order valence-corrected chi connectivity index (χ3v) is 3.76. The maximum absolute atomic E-state index is 11.5. The second-order valence-electron chi connectivity index (χ2n) is 3.48. The molecule has 1 aromatic rings. The van der Waals surface area contributed by atoms with Crippen LogP contribution in [-0.4, -0.2) is 26.3 Å². The average molecular weight is 386 g/mol. The number of sulfone groups is 1. The summed E-state index contributed by atoms with van der Waals surface area (Å²) < 4.78 is 23.1. The predicted molar refractivity (Wildman–Crippen MR) is 74.6 cm³/mol. The van der Waals surface area contributed by atoms with Crippen LogP contribution in [0.3, 0.4) is 0 Å². The number of carbonyl (C=O) groups is 1. The lowest BCUT2D eigenvalue weighted by atomic mass is 10.3. The zero-order valence-corrected chi connectivity index (χ0v) is 12.8. The first kappa shape index (κ1) is 14.5. The van der Waals surface area contributed by atoms with Gasteiger partial charge in [-0.25, -0.2) is 8.42 Å². The smallest absolute Gasteiger partial charge is 0.239 e. The lowest BCUT2D eigenvalue weighted by Gasteiger charge is -2.10. The molecule has 17 heavy (non-hydrogen) atoms. The van der Waals surface area contributed by atoms with Crippen molar-refractivity contribution in [1.29, 1.82) is 0 Å². The van der Waals surface area contributed by atoms with E-state index in [1.807, 2.05) is 0 Å². The van der Waals surface area contributed by atoms with Gasteiger partial charge in [0.1, 0.15) is 5.75 Å². The van der Waals surface area contributed by atoms with E-state index in [9.17, 15) is 13.2 Å². The van der Waals surface area contributed by atoms with Gasteiger partial charge >= 0.3 is 0 Å². The molecule has 0 aromatic heterocycles. The van der Waals surface area contributed by atoms with Gasteiger partial charge in [-0.15, -0.1) is 0 Å². The minimum atomic E-state index is -3.34. The number of amides is 1. The molecule has 0 saturated heterocycles. The van der Waals surface area contributed by atoms with Gasteiger partial charge < -0.3 is 11.1 Å². The van der Waals surface area contributed by atoms with Crippen molar-refractivity contribution >= 4 is 59.0 Å². The number of carbonyl (C=O) groups excluding carboxylic acids is 1. The number of halogens is 2. The van der Waals surface area contributed by atoms with Gasteiger partial charge in [0.2, 0.25) is 5.91 Å². The minimum Gasteiger partial charge on any atom is -0.399 e. The fraction of sp³-hybridized carbons (Fsp3) is 0.222. The highest BCUT2D eigenvalue weighted by Gasteiger charge is 2.14. The normalized spacial score (nSPS) is 11.2. The second kappa shape index (κ2) is 5.36. The predicted octanol–water partition coefficient (Wildman–Crippen LogP) is 1.78. The highest BCUT2D eigenvalue weighted by molar-refractivity contribution is 9.11. The lowest BCUT2D eigenvalue weighted by Crippen LogP contribution is -2.22. The number of rotatable bonds is 3. The molecule has 0 atom stereocenters. The molecular weight excluding hydrogens is 376 g/mol. The van der Waals surface area contributed by atoms with Gasteiger partial charge in [0.25, 0.3) is 0 Å². The van der Waals surface area contributed by atoms with E-state index in [2.05, 4.69) is 37.2 Å². The standard InChI is InChI=1S/C9H10Br2N2O3S/c1-17(15,16)4-8(14)13-9-6(10)2-5(12)3-7(9)11/h2-3H,4,12H2,1H3,(H,13,14). The molecule has 0 saturated carbocycles. The van der Waals surface area contributed by atoms with E-state index in [0.717, 1.165) is 6.26 Å². The molecule has 1 aromatic carbocycles. The van der Waals surface area contributed by atoms with Gasteiger partial charge in [-0.3, -0.25) is 4.79 Å². The highest BCUT2D eigenvalue weighted by Crippen LogP contribution is 2.33. The average Bonchev–Trinajstić information content (AvgIpc) is 2.08. The van der Waals surface area contributed by atoms with Crippen LogP contribution in [0.1, 0.15) is 0 Å². The molecular formula is C9H10Br2N2O3S. The number of nitrogens with one attached hydrogen (secondary N) is 1. The molecule has 8 heteroatoms. The number of nitrogen functional groups attached to an aromatic ring is 1. The Morgan fingerprint density at radius 3 is 2.24 bits per heavy atom. The van der Waals surface area contributed by atoms with Crippen LogP contribution in [-0.2, 0) is 14.6 Å². The zero-order chi connectivity index (χ0) is 13.2. The third kappa shape index (κ3) is 4.64. The van der Waals surface area contributed by atoms with Crippen molar-refractivity contribution in [1.82, 2.24) is 0 Å². The first-order chi connectivity index (χ1) is 7.69. The molecule has 0 aliphatic carbocycles. The van der Waals surface area contributed by atoms with Crippen LogP contribution in [0.15, 0.2) is 21.1 Å². The Morgan fingerprint density at radius 2 is 1.82 bits per heavy atom. The Hall–Kier alpha value is -0.600. The molecule has 0 heterocycles. The second-order valence-corrected chi connectivity index (χ2v) is 7.33. The van der Waals surface area contributed by atoms with Gasteiger partial charge in [0, 0.05) is 20.9 Å². The Bertz CT molecular complexity index is 534. The summed E-state index contributed by atoms with van der Waals surface area (Å²) in [6.07, 6.45) is 1.000. The summed E-state index contributed by atoms with van der Waals surface area (Å²) in [6.45, 7) is 0. The number of nitrogens with two attached hydrogens (primary N) is 1. The maximum Gasteiger partial charge on any atom is 0.239 e. The summed E-state index contributed by atoms with van der Waals surface area (Å²) in [5.41, 5.74) is 6.56. The van der Waals surface area contributed by atoms with Crippen molar-refractivity contribution in [2.24, 2.45) is 0 Å². The van der Waals surface area contributed by atoms with Crippen LogP contribution in [0, 0.1) is 0 Å². The van der Waals surface area contributed by atoms with Gasteiger partial charge in [-0.05, 0) is 44.0 Å². The van der Waals surface area contributed by atoms with Crippen LogP contribution in [0.2, 0.25) is 0 Å². The molecule has 0 aliphatic heterocycles. The first-order valence-electron chi connectivity index (χ1n) is 4.41. The molecule has 94 valence electrons. The molecule has 0 bridgehead atoms. The Labute approximate surface area is 116 Å². The number of hydrogen-bond acceptors (Lipinski definition) is 4. The van der Waals surface area contributed by atoms with E-state index in [0.29, 0.717) is 20.3 Å². The van der Waals surface area contributed by atoms with E-state index >= 15 is 0 Å². The molecule has 5 nitrogen and oxygen atoms in total. The van der Waals surface area contributed by atoms with Crippen molar-refractivity contribution in [2.45, 2.75) is 0 Å². The summed E-state index contributed by atoms with van der Waals surface area (Å²) in [6, 6.07) is 3.22. The molecule has 0 radical (unpaired) electrons. The number of hydrogen-bond donors (Lipinski definition) is 2. The molecule has 1 amide bonds. The quantitative estimate of drug-likeness (QED) is 0.776. The van der Waals surface area contributed by atoms with E-state index in [1.165, 1.54) is 0 Å². The highest BCUT2D eigenvalue weighted by atomic mass is 79.9. The SMILES string of the molecule is CS(=O)(=O)CC(=O)Nc1c(Br)cc(N)cc1Br. The van der Waals surface area contributed by atoms with Crippen LogP contribution in [0.5, 0.6) is 0 Å². The van der Waals surface area contributed by atoms with Crippen molar-refractivity contribution in [2.75, 3.05) is 23.1 Å². The Kier molecular flexibility index (Phi) is 4.56. The van der Waals surface area contributed by atoms with E-state index < -0.39 is 21.5 Å². The maximum atomic E-state index is 11.5. The summed E-state index contributed by atoms with van der Waals surface area (Å²) in [4.78, 5) is 11.5. The van der Waals surface area contributed by atoms with Gasteiger partial charge in [0.05, 0.1) is 5.69 Å². The summed E-state index contributed by atoms with van der Waals surface area (Å²) in [7, 11) is -3.34. The molecule has 3 N–H and O–H groups in total. The third-order valence-electron chi connectivity index (χ3n) is 1.72. The van der Waals surface area contributed by atoms with E-state index in [4.69, 9.17) is 5.73 Å². The van der Waals surface area contributed by atoms with E-state index in [1.54, 1.807) is 12.1 Å². The topological polar surface area (TPSA) is 89.3 Å². The van der Waals surface area contributed by atoms with Crippen molar-refractivity contribution in [3.05, 3.63) is 21.1 Å². The Morgan fingerprint density at radius 1 is 1.35 bits per heavy atom. The lowest BCUT2D eigenvalue weighted by molar-refractivity contribution is -0.113. The molecule has 1 rings (SSSR count). The number of anilines is 2. The van der Waals surface area contributed by atoms with Crippen LogP contribution < -0.4 is 11.1 Å². The molecule has 0 fully saturated rings. The number of benzene rings is 1. The van der Waals surface area contributed by atoms with Crippen molar-refractivity contribution in [3.63, 3.8) is 0 Å². The largest absolute Gasteiger partial charge is 0.399 e. The van der Waals surface area contributed by atoms with Crippen LogP contribution in [0.25, 0.3) is 0 Å². The van der Waals surface area contributed by atoms with Crippen molar-refractivity contribution < 1.29 is 13.2 Å². The van der Waals surface area contributed by atoms with Gasteiger partial charge in [0.15, 0.2) is 9.84 Å². The van der Waals surface area contributed by atoms with Crippen LogP contribution >= 0.6 is 31.9 Å². The first-order valence-corrected chi connectivity index (χ1v) is 8.06. The fourth-order valence-electron chi connectivity index (χ4n) is 1.13. The fourth-order valence-corrected chi connectivity index (χ4v) is 3.09. The Balaban J connectivity index is 2.93. The monoisotopic (exact) mass is 384 g/mol. The molecule has 0 aliphatic rings. The van der Waals surface area contributed by atoms with Crippen molar-refractivity contribution in [3.8, 4) is 0 Å². The zero-order valence-electron chi connectivity index (χ0n) is 8.83. The van der Waals surface area contributed by atoms with Crippen LogP contribution in [0.4, 0.5) is 11.4 Å². The summed E-state index contributed by atoms with van der Waals surface area (Å²) in [5, 5.41) is 2.49. The molecule has 0 spiro atoms. The molecule has 0 unspecified atom stereocenters. The van der Waals surface area contributed by atoms with E-state index in [-0.39, 0.29) is 0 Å². The van der Waals surface area contributed by atoms with Gasteiger partial charge in [-0.1, -0.05) is 0 Å².